The minimum Gasteiger partial charge on any atom is -0.361 e. The van der Waals surface area contributed by atoms with Gasteiger partial charge >= 0.3 is 0 Å². The minimum absolute atomic E-state index is 0. The molecule has 0 saturated heterocycles. The van der Waals surface area contributed by atoms with Crippen molar-refractivity contribution in [2.24, 2.45) is 11.7 Å². The zero-order valence-electron chi connectivity index (χ0n) is 8.44. The van der Waals surface area contributed by atoms with E-state index in [1.807, 2.05) is 6.07 Å². The van der Waals surface area contributed by atoms with Crippen LogP contribution in [-0.2, 0) is 0 Å². The Kier molecular flexibility index (Phi) is 2.72. The van der Waals surface area contributed by atoms with Crippen LogP contribution in [0.4, 0.5) is 0 Å². The summed E-state index contributed by atoms with van der Waals surface area (Å²) >= 11 is 0. The van der Waals surface area contributed by atoms with Gasteiger partial charge in [0, 0.05) is 23.1 Å². The highest BCUT2D eigenvalue weighted by atomic mass is 35.5. The number of hydrogen-bond donors (Lipinski definition) is 2. The molecule has 0 unspecified atom stereocenters. The highest BCUT2D eigenvalue weighted by molar-refractivity contribution is 5.85. The third kappa shape index (κ3) is 1.75. The molecule has 1 aliphatic rings. The van der Waals surface area contributed by atoms with Crippen molar-refractivity contribution >= 4 is 23.3 Å². The van der Waals surface area contributed by atoms with Crippen LogP contribution >= 0.6 is 12.4 Å². The van der Waals surface area contributed by atoms with Gasteiger partial charge in [0.2, 0.25) is 0 Å². The van der Waals surface area contributed by atoms with Crippen molar-refractivity contribution in [2.75, 3.05) is 0 Å². The first kappa shape index (κ1) is 10.5. The van der Waals surface area contributed by atoms with Gasteiger partial charge < -0.3 is 10.7 Å². The Bertz CT molecular complexity index is 459. The van der Waals surface area contributed by atoms with Gasteiger partial charge in [-0.1, -0.05) is 18.2 Å². The fourth-order valence-corrected chi connectivity index (χ4v) is 2.08. The number of para-hydroxylation sites is 1. The van der Waals surface area contributed by atoms with Crippen LogP contribution in [0.2, 0.25) is 0 Å². The monoisotopic (exact) mass is 222 g/mol. The van der Waals surface area contributed by atoms with Gasteiger partial charge in [0.05, 0.1) is 0 Å². The Morgan fingerprint density at radius 2 is 2.00 bits per heavy atom. The average Bonchev–Trinajstić information content (AvgIpc) is 2.97. The van der Waals surface area contributed by atoms with Crippen molar-refractivity contribution in [3.63, 3.8) is 0 Å². The van der Waals surface area contributed by atoms with E-state index in [-0.39, 0.29) is 18.4 Å². The predicted octanol–water partition coefficient (Wildman–Crippen LogP) is 3.00. The number of benzene rings is 1. The molecule has 1 aromatic heterocycles. The second-order valence-corrected chi connectivity index (χ2v) is 4.15. The van der Waals surface area contributed by atoms with Crippen molar-refractivity contribution in [3.05, 3.63) is 36.0 Å². The largest absolute Gasteiger partial charge is 0.361 e. The van der Waals surface area contributed by atoms with Gasteiger partial charge in [0.25, 0.3) is 0 Å². The van der Waals surface area contributed by atoms with Gasteiger partial charge in [-0.05, 0) is 30.4 Å². The number of halogens is 1. The fourth-order valence-electron chi connectivity index (χ4n) is 2.08. The van der Waals surface area contributed by atoms with Crippen LogP contribution in [0.3, 0.4) is 0 Å². The summed E-state index contributed by atoms with van der Waals surface area (Å²) in [5.74, 6) is 0.717. The lowest BCUT2D eigenvalue weighted by Crippen LogP contribution is -2.11. The summed E-state index contributed by atoms with van der Waals surface area (Å²) in [4.78, 5) is 3.27. The van der Waals surface area contributed by atoms with Crippen molar-refractivity contribution in [2.45, 2.75) is 18.9 Å². The van der Waals surface area contributed by atoms with Gasteiger partial charge in [-0.15, -0.1) is 12.4 Å². The standard InChI is InChI=1S/C12H14N2.ClH/c13-12(8-5-6-8)10-7-14-11-4-2-1-3-9(10)11;/h1-4,7-8,12,14H,5-6,13H2;1H/t12-;/m1./s1. The number of nitrogens with two attached hydrogens (primary N) is 1. The molecule has 3 N–H and O–H groups in total. The Morgan fingerprint density at radius 1 is 1.27 bits per heavy atom. The molecule has 0 bridgehead atoms. The summed E-state index contributed by atoms with van der Waals surface area (Å²) in [5.41, 5.74) is 8.66. The lowest BCUT2D eigenvalue weighted by Gasteiger charge is -2.08. The molecule has 1 aromatic carbocycles. The molecule has 3 rings (SSSR count). The molecule has 1 saturated carbocycles. The Balaban J connectivity index is 0.000000853. The van der Waals surface area contributed by atoms with Crippen LogP contribution < -0.4 is 5.73 Å². The van der Waals surface area contributed by atoms with E-state index in [1.54, 1.807) is 0 Å². The number of hydrogen-bond acceptors (Lipinski definition) is 1. The first-order valence-electron chi connectivity index (χ1n) is 5.18. The summed E-state index contributed by atoms with van der Waals surface area (Å²) in [7, 11) is 0. The van der Waals surface area contributed by atoms with Crippen LogP contribution in [0.25, 0.3) is 10.9 Å². The average molecular weight is 223 g/mol. The van der Waals surface area contributed by atoms with E-state index in [1.165, 1.54) is 29.3 Å². The summed E-state index contributed by atoms with van der Waals surface area (Å²) in [6.07, 6.45) is 4.65. The van der Waals surface area contributed by atoms with Crippen molar-refractivity contribution in [3.8, 4) is 0 Å². The highest BCUT2D eigenvalue weighted by Gasteiger charge is 2.30. The van der Waals surface area contributed by atoms with Crippen LogP contribution in [-0.4, -0.2) is 4.98 Å². The minimum atomic E-state index is 0. The smallest absolute Gasteiger partial charge is 0.0457 e. The fraction of sp³-hybridized carbons (Fsp3) is 0.333. The molecule has 2 nitrogen and oxygen atoms in total. The van der Waals surface area contributed by atoms with Crippen LogP contribution in [0.1, 0.15) is 24.4 Å². The molecule has 0 radical (unpaired) electrons. The lowest BCUT2D eigenvalue weighted by atomic mass is 10.0. The molecule has 2 aromatic rings. The second kappa shape index (κ2) is 3.87. The number of aromatic amines is 1. The number of nitrogens with one attached hydrogen (secondary N) is 1. The van der Waals surface area contributed by atoms with Gasteiger partial charge in [-0.2, -0.15) is 0 Å². The topological polar surface area (TPSA) is 41.8 Å². The third-order valence-corrected chi connectivity index (χ3v) is 3.11. The molecule has 0 aliphatic heterocycles. The van der Waals surface area contributed by atoms with Crippen molar-refractivity contribution < 1.29 is 0 Å². The third-order valence-electron chi connectivity index (χ3n) is 3.11. The zero-order valence-corrected chi connectivity index (χ0v) is 9.26. The van der Waals surface area contributed by atoms with E-state index in [4.69, 9.17) is 5.73 Å². The molecular formula is C12H15ClN2. The van der Waals surface area contributed by atoms with Gasteiger partial charge in [0.15, 0.2) is 0 Å². The Morgan fingerprint density at radius 3 is 2.73 bits per heavy atom. The molecule has 1 fully saturated rings. The Labute approximate surface area is 95.3 Å². The maximum absolute atomic E-state index is 6.19. The first-order chi connectivity index (χ1) is 6.86. The molecule has 15 heavy (non-hydrogen) atoms. The molecule has 1 aliphatic carbocycles. The van der Waals surface area contributed by atoms with Gasteiger partial charge in [0.1, 0.15) is 0 Å². The maximum Gasteiger partial charge on any atom is 0.0457 e. The summed E-state index contributed by atoms with van der Waals surface area (Å²) in [6.45, 7) is 0. The first-order valence-corrected chi connectivity index (χ1v) is 5.18. The zero-order chi connectivity index (χ0) is 9.54. The quantitative estimate of drug-likeness (QED) is 0.806. The number of rotatable bonds is 2. The molecule has 0 amide bonds. The summed E-state index contributed by atoms with van der Waals surface area (Å²) in [6, 6.07) is 8.58. The van der Waals surface area contributed by atoms with Crippen LogP contribution in [0.15, 0.2) is 30.5 Å². The van der Waals surface area contributed by atoms with E-state index in [9.17, 15) is 0 Å². The second-order valence-electron chi connectivity index (χ2n) is 4.15. The van der Waals surface area contributed by atoms with Gasteiger partial charge in [-0.3, -0.25) is 0 Å². The lowest BCUT2D eigenvalue weighted by molar-refractivity contribution is 0.638. The number of H-pyrrole nitrogens is 1. The van der Waals surface area contributed by atoms with E-state index < -0.39 is 0 Å². The molecule has 80 valence electrons. The normalized spacial score (nSPS) is 17.4. The highest BCUT2D eigenvalue weighted by Crippen LogP contribution is 2.41. The SMILES string of the molecule is Cl.N[C@@H](c1c[nH]c2ccccc12)C1CC1. The molecule has 1 heterocycles. The van der Waals surface area contributed by atoms with Crippen molar-refractivity contribution in [1.29, 1.82) is 0 Å². The van der Waals surface area contributed by atoms with Crippen LogP contribution in [0, 0.1) is 5.92 Å². The van der Waals surface area contributed by atoms with E-state index >= 15 is 0 Å². The predicted molar refractivity (Wildman–Crippen MR) is 65.2 cm³/mol. The summed E-state index contributed by atoms with van der Waals surface area (Å²) < 4.78 is 0. The van der Waals surface area contributed by atoms with Gasteiger partial charge in [-0.25, -0.2) is 0 Å². The van der Waals surface area contributed by atoms with Crippen LogP contribution in [0.5, 0.6) is 0 Å². The maximum atomic E-state index is 6.19. The van der Waals surface area contributed by atoms with E-state index in [0.29, 0.717) is 5.92 Å². The molecular weight excluding hydrogens is 208 g/mol. The molecule has 0 spiro atoms. The number of aromatic nitrogens is 1. The number of fused-ring (bicyclic) bond motifs is 1. The molecule has 1 atom stereocenters. The Hall–Kier alpha value is -0.990. The van der Waals surface area contributed by atoms with E-state index in [0.717, 1.165) is 0 Å². The van der Waals surface area contributed by atoms with Crippen molar-refractivity contribution in [1.82, 2.24) is 4.98 Å². The summed E-state index contributed by atoms with van der Waals surface area (Å²) in [5, 5.41) is 1.28. The molecule has 3 heteroatoms. The van der Waals surface area contributed by atoms with E-state index in [2.05, 4.69) is 29.4 Å².